The maximum absolute atomic E-state index is 12.0. The summed E-state index contributed by atoms with van der Waals surface area (Å²) >= 11 is 5.91. The summed E-state index contributed by atoms with van der Waals surface area (Å²) in [5.74, 6) is 0.0960. The lowest BCUT2D eigenvalue weighted by Gasteiger charge is -2.10. The molecule has 1 heterocycles. The summed E-state index contributed by atoms with van der Waals surface area (Å²) in [4.78, 5) is 16.8. The van der Waals surface area contributed by atoms with E-state index in [1.807, 2.05) is 12.1 Å². The van der Waals surface area contributed by atoms with Crippen LogP contribution in [-0.2, 0) is 14.4 Å². The monoisotopic (exact) mass is 385 g/mol. The molecule has 0 saturated heterocycles. The van der Waals surface area contributed by atoms with Gasteiger partial charge in [-0.2, -0.15) is 0 Å². The van der Waals surface area contributed by atoms with Gasteiger partial charge in [0.25, 0.3) is 0 Å². The van der Waals surface area contributed by atoms with Gasteiger partial charge in [-0.25, -0.2) is 9.48 Å². The minimum Gasteiger partial charge on any atom is -0.464 e. The number of carbonyl (C=O) groups excluding carboxylic acids is 1. The van der Waals surface area contributed by atoms with Crippen molar-refractivity contribution in [3.8, 4) is 17.3 Å². The van der Waals surface area contributed by atoms with E-state index in [-0.39, 0.29) is 5.71 Å². The fourth-order valence-corrected chi connectivity index (χ4v) is 2.47. The van der Waals surface area contributed by atoms with Gasteiger partial charge in [0.2, 0.25) is 5.88 Å². The Morgan fingerprint density at radius 3 is 2.52 bits per heavy atom. The van der Waals surface area contributed by atoms with E-state index in [9.17, 15) is 4.79 Å². The quantitative estimate of drug-likeness (QED) is 0.366. The van der Waals surface area contributed by atoms with Crippen molar-refractivity contribution in [2.45, 2.75) is 0 Å². The molecule has 1 aromatic heterocycles. The number of hydrogen-bond donors (Lipinski definition) is 0. The molecule has 0 fully saturated rings. The van der Waals surface area contributed by atoms with Gasteiger partial charge in [0.1, 0.15) is 12.9 Å². The van der Waals surface area contributed by atoms with Gasteiger partial charge in [-0.05, 0) is 36.4 Å². The molecule has 0 atom stereocenters. The van der Waals surface area contributed by atoms with Crippen molar-refractivity contribution in [1.82, 2.24) is 9.78 Å². The number of halogens is 1. The second-order valence-corrected chi connectivity index (χ2v) is 5.72. The van der Waals surface area contributed by atoms with E-state index >= 15 is 0 Å². The van der Waals surface area contributed by atoms with Crippen molar-refractivity contribution in [3.05, 3.63) is 71.4 Å². The van der Waals surface area contributed by atoms with Crippen LogP contribution in [0, 0.1) is 0 Å². The number of ether oxygens (including phenoxy) is 2. The minimum atomic E-state index is -0.639. The van der Waals surface area contributed by atoms with Gasteiger partial charge in [0.15, 0.2) is 5.71 Å². The molecule has 27 heavy (non-hydrogen) atoms. The number of carbonyl (C=O) groups is 1. The molecular formula is C19H16ClN3O4. The van der Waals surface area contributed by atoms with Crippen LogP contribution in [0.25, 0.3) is 5.69 Å². The molecule has 0 aliphatic rings. The van der Waals surface area contributed by atoms with E-state index in [1.54, 1.807) is 53.3 Å². The molecule has 3 rings (SSSR count). The molecule has 0 bridgehead atoms. The zero-order chi connectivity index (χ0) is 19.2. The molecule has 0 N–H and O–H groups in total. The van der Waals surface area contributed by atoms with E-state index < -0.39 is 5.97 Å². The average molecular weight is 386 g/mol. The molecule has 0 spiro atoms. The van der Waals surface area contributed by atoms with Crippen LogP contribution in [0.15, 0.2) is 65.9 Å². The van der Waals surface area contributed by atoms with E-state index in [0.717, 1.165) is 5.69 Å². The summed E-state index contributed by atoms with van der Waals surface area (Å²) in [5.41, 5.74) is 1.25. The van der Waals surface area contributed by atoms with Crippen molar-refractivity contribution < 1.29 is 19.1 Å². The highest BCUT2D eigenvalue weighted by Crippen LogP contribution is 2.26. The van der Waals surface area contributed by atoms with Crippen molar-refractivity contribution in [3.63, 3.8) is 0 Å². The van der Waals surface area contributed by atoms with Gasteiger partial charge in [0.05, 0.1) is 18.4 Å². The first-order chi connectivity index (χ1) is 13.1. The third-order valence-electron chi connectivity index (χ3n) is 3.57. The van der Waals surface area contributed by atoms with E-state index in [1.165, 1.54) is 14.2 Å². The van der Waals surface area contributed by atoms with Gasteiger partial charge in [-0.1, -0.05) is 28.9 Å². The Hall–Kier alpha value is -3.32. The van der Waals surface area contributed by atoms with Gasteiger partial charge >= 0.3 is 5.97 Å². The zero-order valence-electron chi connectivity index (χ0n) is 14.6. The smallest absolute Gasteiger partial charge is 0.360 e. The van der Waals surface area contributed by atoms with Crippen LogP contribution in [-0.4, -0.2) is 35.7 Å². The maximum atomic E-state index is 12.0. The van der Waals surface area contributed by atoms with Crippen LogP contribution in [0.3, 0.4) is 0 Å². The highest BCUT2D eigenvalue weighted by atomic mass is 35.5. The van der Waals surface area contributed by atoms with Crippen LogP contribution in [0.5, 0.6) is 11.6 Å². The second-order valence-electron chi connectivity index (χ2n) is 5.29. The van der Waals surface area contributed by atoms with Crippen molar-refractivity contribution in [1.29, 1.82) is 0 Å². The number of benzene rings is 2. The number of para-hydroxylation sites is 1. The maximum Gasteiger partial charge on any atom is 0.360 e. The van der Waals surface area contributed by atoms with Gasteiger partial charge in [-0.15, -0.1) is 5.10 Å². The lowest BCUT2D eigenvalue weighted by atomic mass is 10.1. The van der Waals surface area contributed by atoms with Crippen LogP contribution >= 0.6 is 11.6 Å². The Labute approximate surface area is 160 Å². The Morgan fingerprint density at radius 1 is 1.07 bits per heavy atom. The molecule has 0 saturated carbocycles. The minimum absolute atomic E-state index is 0.00673. The molecule has 0 aliphatic heterocycles. The number of methoxy groups -OCH3 is 1. The largest absolute Gasteiger partial charge is 0.464 e. The van der Waals surface area contributed by atoms with Crippen molar-refractivity contribution in [2.24, 2.45) is 5.16 Å². The molecule has 0 amide bonds. The summed E-state index contributed by atoms with van der Waals surface area (Å²) in [7, 11) is 2.62. The highest BCUT2D eigenvalue weighted by molar-refractivity contribution is 6.43. The van der Waals surface area contributed by atoms with Crippen molar-refractivity contribution >= 4 is 23.3 Å². The Kier molecular flexibility index (Phi) is 5.73. The van der Waals surface area contributed by atoms with Crippen LogP contribution in [0.4, 0.5) is 0 Å². The first-order valence-electron chi connectivity index (χ1n) is 7.90. The molecule has 7 nitrogen and oxygen atoms in total. The Bertz CT molecular complexity index is 967. The number of nitrogens with zero attached hydrogens (tertiary/aromatic N) is 3. The normalized spacial score (nSPS) is 11.1. The van der Waals surface area contributed by atoms with Crippen LogP contribution in [0.2, 0.25) is 5.02 Å². The number of aromatic nitrogens is 2. The summed E-state index contributed by atoms with van der Waals surface area (Å²) < 4.78 is 12.3. The molecule has 0 radical (unpaired) electrons. The lowest BCUT2D eigenvalue weighted by Crippen LogP contribution is -2.18. The molecule has 0 aliphatic carbocycles. The van der Waals surface area contributed by atoms with Gasteiger partial charge in [0, 0.05) is 17.3 Å². The van der Waals surface area contributed by atoms with Crippen molar-refractivity contribution in [2.75, 3.05) is 14.2 Å². The lowest BCUT2D eigenvalue weighted by molar-refractivity contribution is -0.132. The van der Waals surface area contributed by atoms with Gasteiger partial charge in [-0.3, -0.25) is 0 Å². The zero-order valence-corrected chi connectivity index (χ0v) is 15.4. The number of esters is 1. The number of hydrogen-bond acceptors (Lipinski definition) is 6. The predicted molar refractivity (Wildman–Crippen MR) is 101 cm³/mol. The third kappa shape index (κ3) is 4.27. The number of oxime groups is 1. The number of rotatable bonds is 6. The average Bonchev–Trinajstić information content (AvgIpc) is 3.15. The molecule has 0 unspecified atom stereocenters. The standard InChI is InChI=1S/C19H16ClN3O4/c1-25-19(24)18(22-26-2)15-5-3-4-6-16(15)27-17-11-12-23(21-17)14-9-7-13(20)8-10-14/h3-12H,1-2H3. The molecule has 138 valence electrons. The first-order valence-corrected chi connectivity index (χ1v) is 8.28. The Morgan fingerprint density at radius 2 is 1.81 bits per heavy atom. The van der Waals surface area contributed by atoms with Crippen LogP contribution in [0.1, 0.15) is 5.56 Å². The summed E-state index contributed by atoms with van der Waals surface area (Å²) in [6, 6.07) is 15.8. The van der Waals surface area contributed by atoms with Crippen LogP contribution < -0.4 is 4.74 Å². The summed E-state index contributed by atoms with van der Waals surface area (Å²) in [5, 5.41) is 8.78. The first kappa shape index (κ1) is 18.5. The fraction of sp³-hybridized carbons (Fsp3) is 0.105. The summed E-state index contributed by atoms with van der Waals surface area (Å²) in [6.45, 7) is 0. The Balaban J connectivity index is 1.90. The molecular weight excluding hydrogens is 370 g/mol. The molecule has 2 aromatic carbocycles. The van der Waals surface area contributed by atoms with Gasteiger partial charge < -0.3 is 14.3 Å². The van der Waals surface area contributed by atoms with E-state index in [0.29, 0.717) is 22.2 Å². The molecule has 8 heteroatoms. The molecule has 3 aromatic rings. The van der Waals surface area contributed by atoms with E-state index in [4.69, 9.17) is 25.9 Å². The SMILES string of the molecule is CON=C(C(=O)OC)c1ccccc1Oc1ccn(-c2ccc(Cl)cc2)n1. The van der Waals surface area contributed by atoms with E-state index in [2.05, 4.69) is 10.3 Å². The predicted octanol–water partition coefficient (Wildman–Crippen LogP) is 3.84. The summed E-state index contributed by atoms with van der Waals surface area (Å²) in [6.07, 6.45) is 1.76. The fourth-order valence-electron chi connectivity index (χ4n) is 2.35. The highest BCUT2D eigenvalue weighted by Gasteiger charge is 2.20. The topological polar surface area (TPSA) is 74.9 Å². The second kappa shape index (κ2) is 8.37. The third-order valence-corrected chi connectivity index (χ3v) is 3.83.